The van der Waals surface area contributed by atoms with E-state index >= 15 is 0 Å². The van der Waals surface area contributed by atoms with E-state index in [4.69, 9.17) is 21.7 Å². The quantitative estimate of drug-likeness (QED) is 0.365. The molecule has 0 atom stereocenters. The average Bonchev–Trinajstić information content (AvgIpc) is 2.76. The van der Waals surface area contributed by atoms with Crippen LogP contribution in [0, 0.1) is 0 Å². The Labute approximate surface area is 186 Å². The van der Waals surface area contributed by atoms with Crippen molar-refractivity contribution in [3.05, 3.63) is 71.2 Å². The van der Waals surface area contributed by atoms with Crippen molar-refractivity contribution in [3.63, 3.8) is 0 Å². The number of benzene rings is 3. The highest BCUT2D eigenvalue weighted by Crippen LogP contribution is 2.32. The van der Waals surface area contributed by atoms with E-state index in [9.17, 15) is 9.59 Å². The first kappa shape index (κ1) is 21.5. The Morgan fingerprint density at radius 1 is 0.833 bits per heavy atom. The highest BCUT2D eigenvalue weighted by atomic mass is 79.9. The zero-order valence-electron chi connectivity index (χ0n) is 15.7. The van der Waals surface area contributed by atoms with Crippen molar-refractivity contribution < 1.29 is 19.1 Å². The Kier molecular flexibility index (Phi) is 7.58. The molecule has 154 valence electrons. The van der Waals surface area contributed by atoms with E-state index in [1.165, 1.54) is 0 Å². The number of halogens is 1. The Balaban J connectivity index is 1.40. The van der Waals surface area contributed by atoms with Gasteiger partial charge in [0.25, 0.3) is 11.8 Å². The lowest BCUT2D eigenvalue weighted by Gasteiger charge is -2.13. The van der Waals surface area contributed by atoms with Gasteiger partial charge in [0, 0.05) is 0 Å². The second-order valence-electron chi connectivity index (χ2n) is 6.04. The first-order chi connectivity index (χ1) is 14.5. The summed E-state index contributed by atoms with van der Waals surface area (Å²) in [4.78, 5) is 23.8. The van der Waals surface area contributed by atoms with E-state index in [0.717, 1.165) is 15.2 Å². The summed E-state index contributed by atoms with van der Waals surface area (Å²) in [7, 11) is 0. The minimum Gasteiger partial charge on any atom is -0.484 e. The van der Waals surface area contributed by atoms with E-state index in [0.29, 0.717) is 11.5 Å². The third-order valence-corrected chi connectivity index (χ3v) is 4.89. The van der Waals surface area contributed by atoms with Crippen molar-refractivity contribution in [2.45, 2.75) is 0 Å². The van der Waals surface area contributed by atoms with Gasteiger partial charge in [-0.3, -0.25) is 25.8 Å². The van der Waals surface area contributed by atoms with Gasteiger partial charge < -0.3 is 9.47 Å². The molecule has 0 spiro atoms. The van der Waals surface area contributed by atoms with Gasteiger partial charge in [0.15, 0.2) is 18.3 Å². The van der Waals surface area contributed by atoms with Crippen molar-refractivity contribution in [2.75, 3.05) is 13.2 Å². The lowest BCUT2D eigenvalue weighted by Crippen LogP contribution is -2.50. The minimum absolute atomic E-state index is 0.0609. The molecule has 0 aliphatic heterocycles. The van der Waals surface area contributed by atoms with E-state index in [2.05, 4.69) is 32.1 Å². The van der Waals surface area contributed by atoms with Crippen LogP contribution in [0.1, 0.15) is 0 Å². The Bertz CT molecular complexity index is 1060. The summed E-state index contributed by atoms with van der Waals surface area (Å²) < 4.78 is 11.6. The smallest absolute Gasteiger partial charge is 0.276 e. The highest BCUT2D eigenvalue weighted by Gasteiger charge is 2.10. The lowest BCUT2D eigenvalue weighted by molar-refractivity contribution is -0.124. The number of rotatable bonds is 6. The van der Waals surface area contributed by atoms with Crippen molar-refractivity contribution in [2.24, 2.45) is 0 Å². The van der Waals surface area contributed by atoms with Crippen LogP contribution in [0.5, 0.6) is 11.5 Å². The number of amides is 2. The molecule has 3 aromatic rings. The van der Waals surface area contributed by atoms with E-state index < -0.39 is 11.8 Å². The van der Waals surface area contributed by atoms with Gasteiger partial charge >= 0.3 is 0 Å². The van der Waals surface area contributed by atoms with Crippen LogP contribution in [-0.4, -0.2) is 30.1 Å². The summed E-state index contributed by atoms with van der Waals surface area (Å²) in [5.74, 6) is 0.184. The van der Waals surface area contributed by atoms with Crippen molar-refractivity contribution in [1.82, 2.24) is 16.2 Å². The molecule has 3 N–H and O–H groups in total. The van der Waals surface area contributed by atoms with Crippen LogP contribution in [-0.2, 0) is 9.59 Å². The number of hydrogen-bond donors (Lipinski definition) is 3. The van der Waals surface area contributed by atoms with Gasteiger partial charge in [-0.05, 0) is 57.1 Å². The topological polar surface area (TPSA) is 88.7 Å². The summed E-state index contributed by atoms with van der Waals surface area (Å²) in [6.45, 7) is -0.448. The first-order valence-corrected chi connectivity index (χ1v) is 10.1. The molecule has 0 saturated heterocycles. The molecule has 30 heavy (non-hydrogen) atoms. The molecule has 0 fully saturated rings. The molecule has 7 nitrogen and oxygen atoms in total. The molecule has 0 saturated carbocycles. The normalized spacial score (nSPS) is 10.2. The molecular weight excluding hydrogens is 470 g/mol. The van der Waals surface area contributed by atoms with Crippen molar-refractivity contribution in [3.8, 4) is 11.5 Å². The summed E-state index contributed by atoms with van der Waals surface area (Å²) >= 11 is 8.48. The lowest BCUT2D eigenvalue weighted by atomic mass is 10.1. The first-order valence-electron chi connectivity index (χ1n) is 8.89. The number of para-hydroxylation sites is 1. The number of fused-ring (bicyclic) bond motifs is 1. The molecule has 0 radical (unpaired) electrons. The van der Waals surface area contributed by atoms with Crippen LogP contribution < -0.4 is 25.6 Å². The zero-order valence-corrected chi connectivity index (χ0v) is 18.1. The van der Waals surface area contributed by atoms with Gasteiger partial charge in [-0.15, -0.1) is 0 Å². The predicted octanol–water partition coefficient (Wildman–Crippen LogP) is 3.08. The molecule has 3 rings (SSSR count). The van der Waals surface area contributed by atoms with Crippen LogP contribution in [0.2, 0.25) is 0 Å². The summed E-state index contributed by atoms with van der Waals surface area (Å²) in [5.41, 5.74) is 4.78. The van der Waals surface area contributed by atoms with Crippen LogP contribution in [0.15, 0.2) is 71.2 Å². The van der Waals surface area contributed by atoms with Gasteiger partial charge in [0.05, 0.1) is 4.47 Å². The molecule has 2 amide bonds. The number of hydrazine groups is 1. The standard InChI is InChI=1S/C21H18BrN3O4S/c22-20-16-9-5-4-6-14(16)10-11-17(20)29-12-18(26)23-21(30)25-24-19(27)13-28-15-7-2-1-3-8-15/h1-11H,12-13H2,(H,24,27)(H2,23,25,26,30). The van der Waals surface area contributed by atoms with Crippen LogP contribution >= 0.6 is 28.1 Å². The SMILES string of the molecule is O=C(COc1ccccc1)NNC(=S)NC(=O)COc1ccc2ccccc2c1Br. The molecule has 9 heteroatoms. The highest BCUT2D eigenvalue weighted by molar-refractivity contribution is 9.10. The molecule has 0 aliphatic rings. The average molecular weight is 488 g/mol. The van der Waals surface area contributed by atoms with Gasteiger partial charge in [-0.25, -0.2) is 0 Å². The molecule has 0 aliphatic carbocycles. The molecule has 0 aromatic heterocycles. The second-order valence-corrected chi connectivity index (χ2v) is 7.24. The second kappa shape index (κ2) is 10.6. The van der Waals surface area contributed by atoms with E-state index in [1.54, 1.807) is 30.3 Å². The Hall–Kier alpha value is -3.17. The number of hydrogen-bond acceptors (Lipinski definition) is 5. The maximum Gasteiger partial charge on any atom is 0.276 e. The molecular formula is C21H18BrN3O4S. The van der Waals surface area contributed by atoms with Crippen molar-refractivity contribution >= 4 is 55.8 Å². The molecule has 0 bridgehead atoms. The number of thiocarbonyl (C=S) groups is 1. The van der Waals surface area contributed by atoms with Crippen LogP contribution in [0.25, 0.3) is 10.8 Å². The fourth-order valence-electron chi connectivity index (χ4n) is 2.49. The Morgan fingerprint density at radius 2 is 1.53 bits per heavy atom. The third kappa shape index (κ3) is 6.16. The van der Waals surface area contributed by atoms with Gasteiger partial charge in [-0.2, -0.15) is 0 Å². The fourth-order valence-corrected chi connectivity index (χ4v) is 3.26. The van der Waals surface area contributed by atoms with Gasteiger partial charge in [-0.1, -0.05) is 48.5 Å². The third-order valence-electron chi connectivity index (χ3n) is 3.87. The van der Waals surface area contributed by atoms with Gasteiger partial charge in [0.2, 0.25) is 0 Å². The maximum atomic E-state index is 12.0. The fraction of sp³-hybridized carbons (Fsp3) is 0.0952. The van der Waals surface area contributed by atoms with Crippen molar-refractivity contribution in [1.29, 1.82) is 0 Å². The number of nitrogens with one attached hydrogen (secondary N) is 3. The zero-order chi connectivity index (χ0) is 21.3. The summed E-state index contributed by atoms with van der Waals surface area (Å²) in [6, 6.07) is 20.4. The number of carbonyl (C=O) groups excluding carboxylic acids is 2. The van der Waals surface area contributed by atoms with Crippen LogP contribution in [0.4, 0.5) is 0 Å². The number of carbonyl (C=O) groups is 2. The maximum absolute atomic E-state index is 12.0. The predicted molar refractivity (Wildman–Crippen MR) is 121 cm³/mol. The van der Waals surface area contributed by atoms with Gasteiger partial charge in [0.1, 0.15) is 11.5 Å². The Morgan fingerprint density at radius 3 is 2.33 bits per heavy atom. The minimum atomic E-state index is -0.470. The molecule has 0 unspecified atom stereocenters. The van der Waals surface area contributed by atoms with E-state index in [-0.39, 0.29) is 18.3 Å². The van der Waals surface area contributed by atoms with Crippen LogP contribution in [0.3, 0.4) is 0 Å². The summed E-state index contributed by atoms with van der Waals surface area (Å²) in [6.07, 6.45) is 0. The molecule has 3 aromatic carbocycles. The summed E-state index contributed by atoms with van der Waals surface area (Å²) in [5, 5.41) is 4.39. The monoisotopic (exact) mass is 487 g/mol. The number of ether oxygens (including phenoxy) is 2. The van der Waals surface area contributed by atoms with E-state index in [1.807, 2.05) is 36.4 Å². The largest absolute Gasteiger partial charge is 0.484 e. The molecule has 0 heterocycles.